The second-order valence-corrected chi connectivity index (χ2v) is 4.82. The third-order valence-corrected chi connectivity index (χ3v) is 2.92. The van der Waals surface area contributed by atoms with Gasteiger partial charge in [-0.2, -0.15) is 0 Å². The van der Waals surface area contributed by atoms with Crippen LogP contribution in [0.3, 0.4) is 0 Å². The van der Waals surface area contributed by atoms with Crippen LogP contribution in [0, 0.1) is 5.92 Å². The van der Waals surface area contributed by atoms with Gasteiger partial charge < -0.3 is 10.1 Å². The summed E-state index contributed by atoms with van der Waals surface area (Å²) in [5, 5.41) is 2.89. The molecule has 1 aliphatic rings. The summed E-state index contributed by atoms with van der Waals surface area (Å²) in [4.78, 5) is 24.6. The molecule has 0 atom stereocenters. The predicted octanol–water partition coefficient (Wildman–Crippen LogP) is 0.396. The Bertz CT molecular complexity index is 275. The molecule has 5 nitrogen and oxygen atoms in total. The quantitative estimate of drug-likeness (QED) is 0.656. The van der Waals surface area contributed by atoms with E-state index >= 15 is 0 Å². The van der Waals surface area contributed by atoms with Gasteiger partial charge in [0.05, 0.1) is 20.2 Å². The third kappa shape index (κ3) is 5.68. The van der Waals surface area contributed by atoms with Gasteiger partial charge in [0.25, 0.3) is 0 Å². The maximum absolute atomic E-state index is 11.7. The largest absolute Gasteiger partial charge is 0.468 e. The molecule has 5 heteroatoms. The van der Waals surface area contributed by atoms with Crippen LogP contribution in [0.4, 0.5) is 0 Å². The molecular weight excluding hydrogens is 220 g/mol. The lowest BCUT2D eigenvalue weighted by molar-refractivity contribution is -0.142. The summed E-state index contributed by atoms with van der Waals surface area (Å²) in [5.41, 5.74) is 0. The van der Waals surface area contributed by atoms with E-state index in [4.69, 9.17) is 0 Å². The van der Waals surface area contributed by atoms with Gasteiger partial charge in [-0.1, -0.05) is 0 Å². The van der Waals surface area contributed by atoms with Crippen molar-refractivity contribution < 1.29 is 14.3 Å². The number of carbonyl (C=O) groups excluding carboxylic acids is 2. The summed E-state index contributed by atoms with van der Waals surface area (Å²) in [6.07, 6.45) is 2.44. The lowest BCUT2D eigenvalue weighted by Gasteiger charge is -2.24. The summed E-state index contributed by atoms with van der Waals surface area (Å²) < 4.78 is 4.61. The molecule has 1 N–H and O–H groups in total. The van der Waals surface area contributed by atoms with Crippen LogP contribution in [-0.4, -0.2) is 49.6 Å². The Morgan fingerprint density at radius 2 is 2.00 bits per heavy atom. The van der Waals surface area contributed by atoms with Crippen molar-refractivity contribution in [2.45, 2.75) is 32.7 Å². The number of amides is 1. The molecule has 0 aromatic heterocycles. The Balaban J connectivity index is 2.30. The molecule has 17 heavy (non-hydrogen) atoms. The maximum atomic E-state index is 11.7. The fourth-order valence-corrected chi connectivity index (χ4v) is 1.47. The van der Waals surface area contributed by atoms with E-state index in [0.717, 1.165) is 6.54 Å². The Morgan fingerprint density at radius 3 is 2.47 bits per heavy atom. The molecule has 0 bridgehead atoms. The second kappa shape index (κ2) is 6.59. The Hall–Kier alpha value is -1.10. The second-order valence-electron chi connectivity index (χ2n) is 4.82. The predicted molar refractivity (Wildman–Crippen MR) is 64.5 cm³/mol. The van der Waals surface area contributed by atoms with Gasteiger partial charge in [-0.25, -0.2) is 0 Å². The molecule has 1 saturated carbocycles. The maximum Gasteiger partial charge on any atom is 0.319 e. The van der Waals surface area contributed by atoms with Crippen LogP contribution in [0.15, 0.2) is 0 Å². The van der Waals surface area contributed by atoms with Crippen molar-refractivity contribution >= 4 is 11.9 Å². The Morgan fingerprint density at radius 1 is 1.35 bits per heavy atom. The van der Waals surface area contributed by atoms with E-state index in [1.54, 1.807) is 4.90 Å². The molecule has 0 saturated heterocycles. The van der Waals surface area contributed by atoms with Gasteiger partial charge in [-0.05, 0) is 32.6 Å². The molecule has 1 aliphatic carbocycles. The lowest BCUT2D eigenvalue weighted by atomic mass is 10.3. The molecule has 1 amide bonds. The molecule has 1 rings (SSSR count). The zero-order valence-corrected chi connectivity index (χ0v) is 10.9. The van der Waals surface area contributed by atoms with Crippen LogP contribution in [0.25, 0.3) is 0 Å². The zero-order valence-electron chi connectivity index (χ0n) is 10.9. The van der Waals surface area contributed by atoms with Crippen molar-refractivity contribution in [2.75, 3.05) is 26.7 Å². The lowest BCUT2D eigenvalue weighted by Crippen LogP contribution is -2.43. The van der Waals surface area contributed by atoms with Crippen molar-refractivity contribution in [3.63, 3.8) is 0 Å². The van der Waals surface area contributed by atoms with E-state index in [-0.39, 0.29) is 31.0 Å². The van der Waals surface area contributed by atoms with Crippen molar-refractivity contribution in [1.82, 2.24) is 10.2 Å². The summed E-state index contributed by atoms with van der Waals surface area (Å²) in [6.45, 7) is 5.09. The zero-order chi connectivity index (χ0) is 12.8. The highest BCUT2D eigenvalue weighted by Crippen LogP contribution is 2.27. The van der Waals surface area contributed by atoms with E-state index < -0.39 is 0 Å². The van der Waals surface area contributed by atoms with E-state index in [9.17, 15) is 9.59 Å². The summed E-state index contributed by atoms with van der Waals surface area (Å²) in [7, 11) is 1.36. The highest BCUT2D eigenvalue weighted by molar-refractivity contribution is 5.79. The number of hydrogen-bond donors (Lipinski definition) is 1. The van der Waals surface area contributed by atoms with Crippen LogP contribution >= 0.6 is 0 Å². The van der Waals surface area contributed by atoms with Gasteiger partial charge in [0.15, 0.2) is 0 Å². The van der Waals surface area contributed by atoms with Crippen LogP contribution < -0.4 is 5.32 Å². The molecule has 0 radical (unpaired) electrons. The number of methoxy groups -OCH3 is 1. The van der Waals surface area contributed by atoms with E-state index in [2.05, 4.69) is 10.1 Å². The highest BCUT2D eigenvalue weighted by Gasteiger charge is 2.23. The number of esters is 1. The van der Waals surface area contributed by atoms with E-state index in [0.29, 0.717) is 5.92 Å². The number of carbonyl (C=O) groups is 2. The van der Waals surface area contributed by atoms with Crippen LogP contribution in [0.5, 0.6) is 0 Å². The average molecular weight is 242 g/mol. The molecule has 0 heterocycles. The van der Waals surface area contributed by atoms with Gasteiger partial charge in [-0.15, -0.1) is 0 Å². The topological polar surface area (TPSA) is 58.6 Å². The number of ether oxygens (including phenoxy) is 1. The minimum atomic E-state index is -0.311. The number of rotatable bonds is 7. The molecule has 0 aliphatic heterocycles. The Labute approximate surface area is 102 Å². The average Bonchev–Trinajstić information content (AvgIpc) is 3.08. The van der Waals surface area contributed by atoms with E-state index in [1.807, 2.05) is 13.8 Å². The fraction of sp³-hybridized carbons (Fsp3) is 0.833. The molecule has 0 aromatic rings. The van der Waals surface area contributed by atoms with Crippen LogP contribution in [0.2, 0.25) is 0 Å². The van der Waals surface area contributed by atoms with Crippen molar-refractivity contribution in [1.29, 1.82) is 0 Å². The van der Waals surface area contributed by atoms with Crippen LogP contribution in [0.1, 0.15) is 26.7 Å². The van der Waals surface area contributed by atoms with Crippen LogP contribution in [-0.2, 0) is 14.3 Å². The van der Waals surface area contributed by atoms with Gasteiger partial charge >= 0.3 is 5.97 Å². The van der Waals surface area contributed by atoms with Gasteiger partial charge in [0.1, 0.15) is 0 Å². The molecule has 1 fully saturated rings. The smallest absolute Gasteiger partial charge is 0.319 e. The standard InChI is InChI=1S/C12H22N2O3/c1-9(2)14(8-12(16)17-3)7-11(15)13-6-10-4-5-10/h9-10H,4-8H2,1-3H3,(H,13,15). The molecular formula is C12H22N2O3. The Kier molecular flexibility index (Phi) is 5.41. The number of nitrogens with zero attached hydrogens (tertiary/aromatic N) is 1. The normalized spacial score (nSPS) is 15.1. The molecule has 0 aromatic carbocycles. The summed E-state index contributed by atoms with van der Waals surface area (Å²) >= 11 is 0. The summed E-state index contributed by atoms with van der Waals surface area (Å²) in [5.74, 6) is 0.343. The fourth-order valence-electron chi connectivity index (χ4n) is 1.47. The van der Waals surface area contributed by atoms with Gasteiger partial charge in [-0.3, -0.25) is 14.5 Å². The minimum absolute atomic E-state index is 0.0190. The van der Waals surface area contributed by atoms with Gasteiger partial charge in [0.2, 0.25) is 5.91 Å². The number of hydrogen-bond acceptors (Lipinski definition) is 4. The monoisotopic (exact) mass is 242 g/mol. The molecule has 0 spiro atoms. The first kappa shape index (κ1) is 14.0. The van der Waals surface area contributed by atoms with Crippen molar-refractivity contribution in [3.8, 4) is 0 Å². The summed E-state index contributed by atoms with van der Waals surface area (Å²) in [6, 6.07) is 0.140. The number of nitrogens with one attached hydrogen (secondary N) is 1. The van der Waals surface area contributed by atoms with Crippen molar-refractivity contribution in [2.24, 2.45) is 5.92 Å². The SMILES string of the molecule is COC(=O)CN(CC(=O)NCC1CC1)C(C)C. The first-order chi connectivity index (χ1) is 8.02. The first-order valence-electron chi connectivity index (χ1n) is 6.10. The third-order valence-electron chi connectivity index (χ3n) is 2.92. The minimum Gasteiger partial charge on any atom is -0.468 e. The molecule has 0 unspecified atom stereocenters. The first-order valence-corrected chi connectivity index (χ1v) is 6.10. The van der Waals surface area contributed by atoms with Crippen molar-refractivity contribution in [3.05, 3.63) is 0 Å². The molecule has 98 valence electrons. The highest BCUT2D eigenvalue weighted by atomic mass is 16.5. The van der Waals surface area contributed by atoms with Gasteiger partial charge in [0, 0.05) is 12.6 Å². The van der Waals surface area contributed by atoms with E-state index in [1.165, 1.54) is 20.0 Å².